The largest absolute Gasteiger partial charge is 0.311 e. The summed E-state index contributed by atoms with van der Waals surface area (Å²) >= 11 is 0. The van der Waals surface area contributed by atoms with E-state index in [1.54, 1.807) is 0 Å². The average Bonchev–Trinajstić information content (AvgIpc) is 3.22. The van der Waals surface area contributed by atoms with Crippen molar-refractivity contribution in [1.29, 1.82) is 0 Å². The van der Waals surface area contributed by atoms with Crippen molar-refractivity contribution in [1.82, 2.24) is 0 Å². The minimum atomic E-state index is 0.709. The average molecular weight is 662 g/mol. The van der Waals surface area contributed by atoms with Crippen LogP contribution in [-0.2, 0) is 0 Å². The molecule has 51 heavy (non-hydrogen) atoms. The Morgan fingerprint density at radius 3 is 1.18 bits per heavy atom. The summed E-state index contributed by atoms with van der Waals surface area (Å²) in [5.41, 5.74) is 11.6. The fourth-order valence-electron chi connectivity index (χ4n) is 8.89. The van der Waals surface area contributed by atoms with Crippen LogP contribution in [-0.4, -0.2) is 0 Å². The van der Waals surface area contributed by atoms with Crippen molar-refractivity contribution < 1.29 is 0 Å². The van der Waals surface area contributed by atoms with E-state index in [-0.39, 0.29) is 0 Å². The van der Waals surface area contributed by atoms with Gasteiger partial charge in [0.2, 0.25) is 0 Å². The van der Waals surface area contributed by atoms with Gasteiger partial charge in [0, 0.05) is 17.1 Å². The number of rotatable bonds is 7. The highest BCUT2D eigenvalue weighted by molar-refractivity contribution is 5.93. The Morgan fingerprint density at radius 1 is 0.314 bits per heavy atom. The first-order valence-electron chi connectivity index (χ1n) is 19.4. The van der Waals surface area contributed by atoms with Gasteiger partial charge in [0.15, 0.2) is 0 Å². The molecule has 0 heterocycles. The van der Waals surface area contributed by atoms with Crippen LogP contribution in [0.1, 0.15) is 87.2 Å². The molecular formula is C50H47N. The first-order chi connectivity index (χ1) is 25.2. The number of hydrogen-bond donors (Lipinski definition) is 0. The molecule has 7 aromatic carbocycles. The van der Waals surface area contributed by atoms with Gasteiger partial charge in [-0.2, -0.15) is 0 Å². The molecule has 0 radical (unpaired) electrons. The minimum absolute atomic E-state index is 0.709. The Hall–Kier alpha value is -5.14. The lowest BCUT2D eigenvalue weighted by atomic mass is 9.84. The number of fused-ring (bicyclic) bond motifs is 2. The van der Waals surface area contributed by atoms with Gasteiger partial charge < -0.3 is 4.90 Å². The normalized spacial score (nSPS) is 15.7. The second-order valence-electron chi connectivity index (χ2n) is 15.1. The molecule has 0 aromatic heterocycles. The molecule has 7 aromatic rings. The number of hydrogen-bond acceptors (Lipinski definition) is 1. The summed E-state index contributed by atoms with van der Waals surface area (Å²) < 4.78 is 0. The molecular weight excluding hydrogens is 615 g/mol. The minimum Gasteiger partial charge on any atom is -0.311 e. The summed E-state index contributed by atoms with van der Waals surface area (Å²) in [6.45, 7) is 0. The van der Waals surface area contributed by atoms with Crippen molar-refractivity contribution in [2.75, 3.05) is 4.90 Å². The molecule has 0 N–H and O–H groups in total. The third-order valence-corrected chi connectivity index (χ3v) is 11.8. The van der Waals surface area contributed by atoms with Gasteiger partial charge in [0.05, 0.1) is 0 Å². The summed E-state index contributed by atoms with van der Waals surface area (Å²) in [4.78, 5) is 2.44. The molecule has 0 amide bonds. The topological polar surface area (TPSA) is 3.24 Å². The maximum Gasteiger partial charge on any atom is 0.0462 e. The zero-order valence-electron chi connectivity index (χ0n) is 29.6. The van der Waals surface area contributed by atoms with E-state index in [9.17, 15) is 0 Å². The van der Waals surface area contributed by atoms with Crippen molar-refractivity contribution in [3.8, 4) is 22.3 Å². The molecule has 252 valence electrons. The Balaban J connectivity index is 1.03. The Labute approximate surface area is 303 Å². The third kappa shape index (κ3) is 6.71. The molecule has 1 heteroatoms. The SMILES string of the molecule is c1ccc2cc(-c3ccc4ccc(-c5ccc(N(c6ccc(C7CCCCC7)cc6)c6ccc(C7CCCCC7)cc6)cc5)cc4c3)ccc2c1. The van der Waals surface area contributed by atoms with Gasteiger partial charge >= 0.3 is 0 Å². The maximum absolute atomic E-state index is 2.44. The van der Waals surface area contributed by atoms with Crippen LogP contribution in [0.15, 0.2) is 152 Å². The predicted octanol–water partition coefficient (Wildman–Crippen LogP) is 14.9. The molecule has 1 nitrogen and oxygen atoms in total. The summed E-state index contributed by atoms with van der Waals surface area (Å²) in [7, 11) is 0. The first kappa shape index (κ1) is 31.8. The standard InChI is InChI=1S/C50H47N/c1-3-9-36(10-4-1)39-21-27-48(28-22-39)51(49-29-23-40(24-30-49)37-11-5-2-6-12-37)50-31-25-41(26-32-50)44-18-16-42-17-20-46(35-47(42)34-44)45-19-15-38-13-7-8-14-43(38)33-45/h7-8,13-37H,1-6,9-12H2. The van der Waals surface area contributed by atoms with Gasteiger partial charge in [-0.15, -0.1) is 0 Å². The molecule has 0 bridgehead atoms. The van der Waals surface area contributed by atoms with E-state index < -0.39 is 0 Å². The third-order valence-electron chi connectivity index (χ3n) is 11.8. The van der Waals surface area contributed by atoms with E-state index >= 15 is 0 Å². The van der Waals surface area contributed by atoms with E-state index in [1.807, 2.05) is 0 Å². The molecule has 2 aliphatic carbocycles. The van der Waals surface area contributed by atoms with Gasteiger partial charge in [-0.3, -0.25) is 0 Å². The smallest absolute Gasteiger partial charge is 0.0462 e. The van der Waals surface area contributed by atoms with Crippen molar-refractivity contribution in [3.63, 3.8) is 0 Å². The lowest BCUT2D eigenvalue weighted by molar-refractivity contribution is 0.443. The van der Waals surface area contributed by atoms with E-state index in [2.05, 4.69) is 157 Å². The molecule has 2 aliphatic rings. The van der Waals surface area contributed by atoms with Crippen molar-refractivity contribution in [3.05, 3.63) is 163 Å². The summed E-state index contributed by atoms with van der Waals surface area (Å²) in [5, 5.41) is 5.08. The van der Waals surface area contributed by atoms with Crippen LogP contribution in [0.4, 0.5) is 17.1 Å². The van der Waals surface area contributed by atoms with Crippen LogP contribution in [0.2, 0.25) is 0 Å². The predicted molar refractivity (Wildman–Crippen MR) is 219 cm³/mol. The van der Waals surface area contributed by atoms with Crippen molar-refractivity contribution in [2.45, 2.75) is 76.0 Å². The number of benzene rings is 7. The Bertz CT molecular complexity index is 2190. The van der Waals surface area contributed by atoms with E-state index in [0.29, 0.717) is 11.8 Å². The molecule has 9 rings (SSSR count). The zero-order valence-corrected chi connectivity index (χ0v) is 29.6. The zero-order chi connectivity index (χ0) is 34.0. The second kappa shape index (κ2) is 14.2. The van der Waals surface area contributed by atoms with Gasteiger partial charge in [0.25, 0.3) is 0 Å². The Morgan fingerprint density at radius 2 is 0.686 bits per heavy atom. The monoisotopic (exact) mass is 661 g/mol. The highest BCUT2D eigenvalue weighted by Gasteiger charge is 2.19. The molecule has 0 atom stereocenters. The van der Waals surface area contributed by atoms with Gasteiger partial charge in [-0.25, -0.2) is 0 Å². The molecule has 0 unspecified atom stereocenters. The van der Waals surface area contributed by atoms with E-state index in [4.69, 9.17) is 0 Å². The van der Waals surface area contributed by atoms with Crippen LogP contribution in [0.5, 0.6) is 0 Å². The second-order valence-corrected chi connectivity index (χ2v) is 15.1. The summed E-state index contributed by atoms with van der Waals surface area (Å²) in [6.07, 6.45) is 13.5. The van der Waals surface area contributed by atoms with Crippen LogP contribution in [0.3, 0.4) is 0 Å². The van der Waals surface area contributed by atoms with Crippen LogP contribution >= 0.6 is 0 Å². The fourth-order valence-corrected chi connectivity index (χ4v) is 8.89. The molecule has 2 saturated carbocycles. The molecule has 0 saturated heterocycles. The lowest BCUT2D eigenvalue weighted by Crippen LogP contribution is -2.11. The quantitative estimate of drug-likeness (QED) is 0.164. The fraction of sp³-hybridized carbons (Fsp3) is 0.240. The van der Waals surface area contributed by atoms with Gasteiger partial charge in [-0.1, -0.05) is 136 Å². The molecule has 0 spiro atoms. The van der Waals surface area contributed by atoms with Crippen LogP contribution in [0.25, 0.3) is 43.8 Å². The number of nitrogens with zero attached hydrogens (tertiary/aromatic N) is 1. The van der Waals surface area contributed by atoms with Crippen molar-refractivity contribution >= 4 is 38.6 Å². The maximum atomic E-state index is 2.44. The highest BCUT2D eigenvalue weighted by atomic mass is 15.1. The van der Waals surface area contributed by atoms with Crippen LogP contribution in [0, 0.1) is 0 Å². The molecule has 0 aliphatic heterocycles. The van der Waals surface area contributed by atoms with E-state index in [1.165, 1.54) is 136 Å². The van der Waals surface area contributed by atoms with Crippen LogP contribution < -0.4 is 4.90 Å². The Kier molecular flexibility index (Phi) is 8.88. The molecule has 2 fully saturated rings. The summed E-state index contributed by atoms with van der Waals surface area (Å²) in [5.74, 6) is 1.42. The highest BCUT2D eigenvalue weighted by Crippen LogP contribution is 2.40. The van der Waals surface area contributed by atoms with E-state index in [0.717, 1.165) is 0 Å². The number of anilines is 3. The first-order valence-corrected chi connectivity index (χ1v) is 19.4. The lowest BCUT2D eigenvalue weighted by Gasteiger charge is -2.28. The summed E-state index contributed by atoms with van der Waals surface area (Å²) in [6, 6.07) is 57.2. The van der Waals surface area contributed by atoms with Gasteiger partial charge in [0.1, 0.15) is 0 Å². The van der Waals surface area contributed by atoms with Crippen molar-refractivity contribution in [2.24, 2.45) is 0 Å². The van der Waals surface area contributed by atoms with Gasteiger partial charge in [-0.05, 0) is 147 Å².